The first-order valence-electron chi connectivity index (χ1n) is 14.3. The zero-order chi connectivity index (χ0) is 29.6. The summed E-state index contributed by atoms with van der Waals surface area (Å²) in [6, 6.07) is 7.29. The molecule has 220 valence electrons. The molecule has 1 saturated heterocycles. The average Bonchev–Trinajstić information content (AvgIpc) is 3.68. The van der Waals surface area contributed by atoms with E-state index in [-0.39, 0.29) is 42.4 Å². The number of nitrogens with zero attached hydrogens (tertiary/aromatic N) is 5. The highest BCUT2D eigenvalue weighted by Crippen LogP contribution is 2.44. The van der Waals surface area contributed by atoms with Crippen molar-refractivity contribution in [2.45, 2.75) is 89.9 Å². The minimum Gasteiger partial charge on any atom is -0.444 e. The van der Waals surface area contributed by atoms with Gasteiger partial charge in [-0.3, -0.25) is 9.59 Å². The van der Waals surface area contributed by atoms with Crippen LogP contribution in [0.1, 0.15) is 77.3 Å². The van der Waals surface area contributed by atoms with Crippen LogP contribution in [0.4, 0.5) is 16.4 Å². The Kier molecular flexibility index (Phi) is 7.89. The summed E-state index contributed by atoms with van der Waals surface area (Å²) >= 11 is 6.18. The normalized spacial score (nSPS) is 22.4. The Morgan fingerprint density at radius 3 is 2.51 bits per heavy atom. The molecule has 1 N–H and O–H groups in total. The number of ether oxygens (including phenoxy) is 1. The number of fused-ring (bicyclic) bond motifs is 2. The highest BCUT2D eigenvalue weighted by Gasteiger charge is 2.53. The quantitative estimate of drug-likeness (QED) is 0.521. The van der Waals surface area contributed by atoms with Crippen LogP contribution in [0.15, 0.2) is 30.6 Å². The Hall–Kier alpha value is -3.40. The van der Waals surface area contributed by atoms with Crippen molar-refractivity contribution in [1.82, 2.24) is 19.8 Å². The van der Waals surface area contributed by atoms with E-state index in [1.54, 1.807) is 17.0 Å². The van der Waals surface area contributed by atoms with Crippen molar-refractivity contribution in [3.05, 3.63) is 46.7 Å². The maximum absolute atomic E-state index is 14.3. The lowest BCUT2D eigenvalue weighted by Gasteiger charge is -2.39. The number of rotatable bonds is 6. The standard InChI is InChI=1S/C30H39ClN6O4/c1-17(2)37(29(40)41-30(4,5)6)15-21(19-7-9-20(31)10-8-19)28(39)36-12-11-35(22-14-23(22)36)27-25-18(3)13-24(38)34-26(25)32-16-33-27/h7-10,16-18,21-23H,11-15H2,1-6H3,(H,32,33,34,38)/t18-,21-,22?,23?/m1/s1. The Bertz CT molecular complexity index is 1330. The predicted octanol–water partition coefficient (Wildman–Crippen LogP) is 4.79. The fraction of sp³-hybridized carbons (Fsp3) is 0.567. The van der Waals surface area contributed by atoms with E-state index in [0.29, 0.717) is 30.4 Å². The minimum absolute atomic E-state index is 0.0102. The molecular formula is C30H39ClN6O4. The number of nitrogens with one attached hydrogen (secondary N) is 1. The van der Waals surface area contributed by atoms with E-state index in [9.17, 15) is 14.4 Å². The average molecular weight is 583 g/mol. The van der Waals surface area contributed by atoms with E-state index in [0.717, 1.165) is 23.4 Å². The number of hydrogen-bond donors (Lipinski definition) is 1. The number of halogens is 1. The lowest BCUT2D eigenvalue weighted by Crippen LogP contribution is -2.52. The van der Waals surface area contributed by atoms with Crippen molar-refractivity contribution in [3.8, 4) is 0 Å². The van der Waals surface area contributed by atoms with Gasteiger partial charge in [-0.1, -0.05) is 30.7 Å². The molecule has 2 aliphatic heterocycles. The smallest absolute Gasteiger partial charge is 0.410 e. The van der Waals surface area contributed by atoms with Crippen molar-refractivity contribution >= 4 is 41.1 Å². The van der Waals surface area contributed by atoms with E-state index in [1.807, 2.05) is 58.6 Å². The summed E-state index contributed by atoms with van der Waals surface area (Å²) in [5.74, 6) is 0.803. The summed E-state index contributed by atoms with van der Waals surface area (Å²) < 4.78 is 5.69. The summed E-state index contributed by atoms with van der Waals surface area (Å²) in [5.41, 5.74) is 1.12. The van der Waals surface area contributed by atoms with E-state index in [4.69, 9.17) is 16.3 Å². The van der Waals surface area contributed by atoms with Gasteiger partial charge in [0.05, 0.1) is 18.0 Å². The fourth-order valence-corrected chi connectivity index (χ4v) is 6.02. The molecule has 10 nitrogen and oxygen atoms in total. The van der Waals surface area contributed by atoms with Crippen molar-refractivity contribution in [3.63, 3.8) is 0 Å². The van der Waals surface area contributed by atoms with Crippen molar-refractivity contribution in [2.75, 3.05) is 29.9 Å². The van der Waals surface area contributed by atoms with E-state index >= 15 is 0 Å². The topological polar surface area (TPSA) is 108 Å². The Labute approximate surface area is 246 Å². The first-order valence-corrected chi connectivity index (χ1v) is 14.7. The minimum atomic E-state index is -0.651. The molecule has 2 fully saturated rings. The van der Waals surface area contributed by atoms with E-state index < -0.39 is 17.6 Å². The van der Waals surface area contributed by atoms with Gasteiger partial charge in [0.25, 0.3) is 0 Å². The van der Waals surface area contributed by atoms with Crippen LogP contribution in [0, 0.1) is 0 Å². The van der Waals surface area contributed by atoms with Gasteiger partial charge in [0, 0.05) is 42.7 Å². The van der Waals surface area contributed by atoms with Gasteiger partial charge in [-0.15, -0.1) is 0 Å². The van der Waals surface area contributed by atoms with Crippen LogP contribution in [0.3, 0.4) is 0 Å². The zero-order valence-corrected chi connectivity index (χ0v) is 25.3. The maximum Gasteiger partial charge on any atom is 0.410 e. The third-order valence-electron chi connectivity index (χ3n) is 7.97. The van der Waals surface area contributed by atoms with Crippen LogP contribution in [-0.4, -0.2) is 81.0 Å². The third-order valence-corrected chi connectivity index (χ3v) is 8.22. The summed E-state index contributed by atoms with van der Waals surface area (Å²) in [6.07, 6.45) is 2.28. The molecular weight excluding hydrogens is 544 g/mol. The van der Waals surface area contributed by atoms with Gasteiger partial charge in [0.1, 0.15) is 23.6 Å². The molecule has 1 aliphatic carbocycles. The molecule has 0 bridgehead atoms. The SMILES string of the molecule is CC(C)N(C[C@@H](C(=O)N1CCN(c2ncnc3c2[C@H](C)CC(=O)N3)C2CC21)c1ccc(Cl)cc1)C(=O)OC(C)(C)C. The van der Waals surface area contributed by atoms with Crippen LogP contribution >= 0.6 is 11.6 Å². The van der Waals surface area contributed by atoms with Gasteiger partial charge in [-0.25, -0.2) is 14.8 Å². The molecule has 41 heavy (non-hydrogen) atoms. The van der Waals surface area contributed by atoms with E-state index in [1.165, 1.54) is 6.33 Å². The van der Waals surface area contributed by atoms with Crippen LogP contribution in [0.5, 0.6) is 0 Å². The molecule has 11 heteroatoms. The Morgan fingerprint density at radius 1 is 1.15 bits per heavy atom. The first kappa shape index (κ1) is 29.1. The largest absolute Gasteiger partial charge is 0.444 e. The predicted molar refractivity (Wildman–Crippen MR) is 157 cm³/mol. The van der Waals surface area contributed by atoms with Gasteiger partial charge in [0.2, 0.25) is 11.8 Å². The highest BCUT2D eigenvalue weighted by atomic mass is 35.5. The summed E-state index contributed by atoms with van der Waals surface area (Å²) in [6.45, 7) is 12.7. The van der Waals surface area contributed by atoms with Gasteiger partial charge >= 0.3 is 6.09 Å². The molecule has 3 aliphatic rings. The molecule has 1 aromatic carbocycles. The molecule has 3 heterocycles. The number of piperazine rings is 1. The van der Waals surface area contributed by atoms with E-state index in [2.05, 4.69) is 20.2 Å². The summed E-state index contributed by atoms with van der Waals surface area (Å²) in [7, 11) is 0. The van der Waals surface area contributed by atoms with Gasteiger partial charge in [0.15, 0.2) is 0 Å². The number of carbonyl (C=O) groups excluding carboxylic acids is 3. The fourth-order valence-electron chi connectivity index (χ4n) is 5.89. The third kappa shape index (κ3) is 6.12. The zero-order valence-electron chi connectivity index (χ0n) is 24.6. The van der Waals surface area contributed by atoms with Crippen LogP contribution in [0.2, 0.25) is 5.02 Å². The number of aromatic nitrogens is 2. The second-order valence-corrected chi connectivity index (χ2v) is 13.0. The molecule has 1 aromatic heterocycles. The van der Waals surface area contributed by atoms with Crippen molar-refractivity contribution < 1.29 is 19.1 Å². The second-order valence-electron chi connectivity index (χ2n) is 12.5. The number of hydrogen-bond acceptors (Lipinski definition) is 7. The van der Waals surface area contributed by atoms with Crippen LogP contribution < -0.4 is 10.2 Å². The lowest BCUT2D eigenvalue weighted by molar-refractivity contribution is -0.134. The monoisotopic (exact) mass is 582 g/mol. The number of anilines is 2. The van der Waals surface area contributed by atoms with Crippen molar-refractivity contribution in [1.29, 1.82) is 0 Å². The number of carbonyl (C=O) groups is 3. The number of amides is 3. The van der Waals surface area contributed by atoms with Crippen LogP contribution in [0.25, 0.3) is 0 Å². The second kappa shape index (κ2) is 11.1. The summed E-state index contributed by atoms with van der Waals surface area (Å²) in [5, 5.41) is 3.46. The van der Waals surface area contributed by atoms with Gasteiger partial charge in [-0.05, 0) is 64.7 Å². The number of benzene rings is 1. The highest BCUT2D eigenvalue weighted by molar-refractivity contribution is 6.30. The van der Waals surface area contributed by atoms with Crippen molar-refractivity contribution in [2.24, 2.45) is 0 Å². The Balaban J connectivity index is 1.38. The molecule has 2 unspecified atom stereocenters. The first-order chi connectivity index (χ1) is 19.3. The molecule has 4 atom stereocenters. The van der Waals surface area contributed by atoms with Gasteiger partial charge in [-0.2, -0.15) is 0 Å². The molecule has 0 radical (unpaired) electrons. The maximum atomic E-state index is 14.3. The Morgan fingerprint density at radius 2 is 1.85 bits per heavy atom. The summed E-state index contributed by atoms with van der Waals surface area (Å²) in [4.78, 5) is 54.3. The molecule has 0 spiro atoms. The lowest BCUT2D eigenvalue weighted by atomic mass is 9.94. The molecule has 1 saturated carbocycles. The molecule has 5 rings (SSSR count). The molecule has 3 amide bonds. The van der Waals surface area contributed by atoms with Gasteiger partial charge < -0.3 is 24.8 Å². The molecule has 2 aromatic rings. The van der Waals surface area contributed by atoms with Crippen LogP contribution in [-0.2, 0) is 14.3 Å².